The number of quaternary nitrogens is 1. The van der Waals surface area contributed by atoms with E-state index >= 15 is 0 Å². The average Bonchev–Trinajstić information content (AvgIpc) is 2.99. The molecule has 3 N–H and O–H groups in total. The smallest absolute Gasteiger partial charge is 0.463 e. The van der Waals surface area contributed by atoms with E-state index in [0.717, 1.165) is 17.9 Å². The van der Waals surface area contributed by atoms with Gasteiger partial charge in [-0.2, -0.15) is 0 Å². The number of ether oxygens (including phenoxy) is 1. The molecule has 8 heteroatoms. The molecular formula is C15H16F3N2O3+. The molecule has 1 atom stereocenters. The van der Waals surface area contributed by atoms with Crippen LogP contribution in [0.1, 0.15) is 18.7 Å². The Morgan fingerprint density at radius 2 is 2.00 bits per heavy atom. The number of anilines is 1. The van der Waals surface area contributed by atoms with E-state index in [4.69, 9.17) is 4.42 Å². The number of hydrogen-bond acceptors (Lipinski definition) is 3. The lowest BCUT2D eigenvalue weighted by Crippen LogP contribution is -2.86. The van der Waals surface area contributed by atoms with Crippen molar-refractivity contribution in [3.8, 4) is 5.75 Å². The molecule has 2 aromatic rings. The van der Waals surface area contributed by atoms with Gasteiger partial charge in [-0.3, -0.25) is 4.79 Å². The fourth-order valence-corrected chi connectivity index (χ4v) is 1.90. The summed E-state index contributed by atoms with van der Waals surface area (Å²) in [6.45, 7) is 2.05. The maximum atomic E-state index is 12.0. The van der Waals surface area contributed by atoms with Crippen molar-refractivity contribution in [2.45, 2.75) is 19.3 Å². The van der Waals surface area contributed by atoms with Gasteiger partial charge in [0.2, 0.25) is 0 Å². The Kier molecular flexibility index (Phi) is 5.28. The number of alkyl halides is 3. The Morgan fingerprint density at radius 1 is 1.30 bits per heavy atom. The Bertz CT molecular complexity index is 624. The van der Waals surface area contributed by atoms with E-state index in [2.05, 4.69) is 10.1 Å². The van der Waals surface area contributed by atoms with Crippen LogP contribution in [0, 0.1) is 0 Å². The van der Waals surface area contributed by atoms with E-state index in [9.17, 15) is 18.0 Å². The highest BCUT2D eigenvalue weighted by atomic mass is 19.4. The first-order valence-electron chi connectivity index (χ1n) is 6.86. The van der Waals surface area contributed by atoms with Crippen molar-refractivity contribution in [3.63, 3.8) is 0 Å². The van der Waals surface area contributed by atoms with E-state index in [1.807, 2.05) is 13.0 Å². The molecular weight excluding hydrogens is 313 g/mol. The number of carbonyl (C=O) groups excluding carboxylic acids is 1. The van der Waals surface area contributed by atoms with Crippen LogP contribution in [0.5, 0.6) is 5.75 Å². The second-order valence-corrected chi connectivity index (χ2v) is 4.86. The first kappa shape index (κ1) is 16.9. The minimum atomic E-state index is -4.73. The van der Waals surface area contributed by atoms with Crippen molar-refractivity contribution >= 4 is 11.6 Å². The summed E-state index contributed by atoms with van der Waals surface area (Å²) in [7, 11) is 0. The molecule has 5 nitrogen and oxygen atoms in total. The van der Waals surface area contributed by atoms with Crippen molar-refractivity contribution in [1.82, 2.24) is 0 Å². The minimum Gasteiger partial charge on any atom is -0.463 e. The van der Waals surface area contributed by atoms with Crippen LogP contribution in [0.4, 0.5) is 18.9 Å². The molecule has 0 spiro atoms. The first-order chi connectivity index (χ1) is 10.8. The Balaban J connectivity index is 1.81. The van der Waals surface area contributed by atoms with Crippen LogP contribution in [-0.2, 0) is 4.79 Å². The molecule has 2 rings (SSSR count). The molecule has 0 bridgehead atoms. The Hall–Kier alpha value is -2.48. The SMILES string of the molecule is C[C@@H]([NH2+]CC(=O)Nc1ccc(OC(F)(F)F)cc1)c1ccco1. The summed E-state index contributed by atoms with van der Waals surface area (Å²) >= 11 is 0. The van der Waals surface area contributed by atoms with Gasteiger partial charge in [0.25, 0.3) is 5.91 Å². The summed E-state index contributed by atoms with van der Waals surface area (Å²) in [6, 6.07) is 8.53. The van der Waals surface area contributed by atoms with Gasteiger partial charge in [0.15, 0.2) is 12.3 Å². The van der Waals surface area contributed by atoms with Crippen LogP contribution < -0.4 is 15.4 Å². The van der Waals surface area contributed by atoms with Crippen molar-refractivity contribution in [3.05, 3.63) is 48.4 Å². The largest absolute Gasteiger partial charge is 0.573 e. The number of nitrogens with one attached hydrogen (secondary N) is 1. The number of hydrogen-bond donors (Lipinski definition) is 2. The summed E-state index contributed by atoms with van der Waals surface area (Å²) in [5.41, 5.74) is 0.392. The van der Waals surface area contributed by atoms with Gasteiger partial charge in [-0.1, -0.05) is 0 Å². The van der Waals surface area contributed by atoms with Crippen LogP contribution in [0.25, 0.3) is 0 Å². The summed E-state index contributed by atoms with van der Waals surface area (Å²) < 4.78 is 45.1. The molecule has 124 valence electrons. The standard InChI is InChI=1S/C15H15F3N2O3/c1-10(13-3-2-8-22-13)19-9-14(21)20-11-4-6-12(7-5-11)23-15(16,17)18/h2-8,10,19H,9H2,1H3,(H,20,21)/p+1/t10-/m1/s1. The predicted octanol–water partition coefficient (Wildman–Crippen LogP) is 2.44. The summed E-state index contributed by atoms with van der Waals surface area (Å²) in [6.07, 6.45) is -3.17. The molecule has 0 saturated heterocycles. The van der Waals surface area contributed by atoms with Crippen LogP contribution in [0.15, 0.2) is 47.1 Å². The highest BCUT2D eigenvalue weighted by Crippen LogP contribution is 2.23. The van der Waals surface area contributed by atoms with Crippen LogP contribution in [0.2, 0.25) is 0 Å². The van der Waals surface area contributed by atoms with Gasteiger partial charge in [0.05, 0.1) is 6.26 Å². The normalized spacial score (nSPS) is 12.7. The number of rotatable bonds is 6. The van der Waals surface area contributed by atoms with Gasteiger partial charge in [-0.05, 0) is 43.3 Å². The molecule has 0 aliphatic heterocycles. The van der Waals surface area contributed by atoms with Crippen LogP contribution >= 0.6 is 0 Å². The zero-order valence-corrected chi connectivity index (χ0v) is 12.3. The molecule has 0 saturated carbocycles. The zero-order chi connectivity index (χ0) is 16.9. The molecule has 0 radical (unpaired) electrons. The average molecular weight is 329 g/mol. The van der Waals surface area contributed by atoms with E-state index in [1.165, 1.54) is 12.1 Å². The maximum Gasteiger partial charge on any atom is 0.573 e. The van der Waals surface area contributed by atoms with Gasteiger partial charge in [0, 0.05) is 5.69 Å². The Morgan fingerprint density at radius 3 is 2.57 bits per heavy atom. The van der Waals surface area contributed by atoms with E-state index in [-0.39, 0.29) is 24.2 Å². The van der Waals surface area contributed by atoms with Gasteiger partial charge < -0.3 is 19.8 Å². The van der Waals surface area contributed by atoms with E-state index in [1.54, 1.807) is 17.6 Å². The third-order valence-electron chi connectivity index (χ3n) is 3.02. The second-order valence-electron chi connectivity index (χ2n) is 4.86. The molecule has 1 aromatic heterocycles. The van der Waals surface area contributed by atoms with Crippen molar-refractivity contribution in [2.75, 3.05) is 11.9 Å². The molecule has 0 unspecified atom stereocenters. The third kappa shape index (κ3) is 5.67. The number of furan rings is 1. The van der Waals surface area contributed by atoms with Crippen molar-refractivity contribution < 1.29 is 32.4 Å². The maximum absolute atomic E-state index is 12.0. The number of nitrogens with two attached hydrogens (primary N) is 1. The second kappa shape index (κ2) is 7.19. The number of benzene rings is 1. The highest BCUT2D eigenvalue weighted by Gasteiger charge is 2.30. The first-order valence-corrected chi connectivity index (χ1v) is 6.86. The summed E-state index contributed by atoms with van der Waals surface area (Å²) in [5, 5.41) is 4.38. The molecule has 0 fully saturated rings. The van der Waals surface area contributed by atoms with Crippen LogP contribution in [0.3, 0.4) is 0 Å². The van der Waals surface area contributed by atoms with Crippen LogP contribution in [-0.4, -0.2) is 18.8 Å². The lowest BCUT2D eigenvalue weighted by Gasteiger charge is -2.10. The van der Waals surface area contributed by atoms with E-state index < -0.39 is 6.36 Å². The lowest BCUT2D eigenvalue weighted by atomic mass is 10.2. The fourth-order valence-electron chi connectivity index (χ4n) is 1.90. The van der Waals surface area contributed by atoms with Gasteiger partial charge in [-0.15, -0.1) is 13.2 Å². The summed E-state index contributed by atoms with van der Waals surface area (Å²) in [4.78, 5) is 11.8. The summed E-state index contributed by atoms with van der Waals surface area (Å²) in [5.74, 6) is 0.146. The van der Waals surface area contributed by atoms with Gasteiger partial charge in [-0.25, -0.2) is 0 Å². The predicted molar refractivity (Wildman–Crippen MR) is 75.7 cm³/mol. The number of halogens is 3. The van der Waals surface area contributed by atoms with E-state index in [0.29, 0.717) is 5.69 Å². The van der Waals surface area contributed by atoms with Crippen molar-refractivity contribution in [1.29, 1.82) is 0 Å². The molecule has 0 aliphatic rings. The third-order valence-corrected chi connectivity index (χ3v) is 3.02. The number of carbonyl (C=O) groups is 1. The van der Waals surface area contributed by atoms with Crippen molar-refractivity contribution in [2.24, 2.45) is 0 Å². The monoisotopic (exact) mass is 329 g/mol. The fraction of sp³-hybridized carbons (Fsp3) is 0.267. The lowest BCUT2D eigenvalue weighted by molar-refractivity contribution is -0.684. The van der Waals surface area contributed by atoms with Gasteiger partial charge >= 0.3 is 6.36 Å². The molecule has 23 heavy (non-hydrogen) atoms. The number of amides is 1. The zero-order valence-electron chi connectivity index (χ0n) is 12.3. The molecule has 1 heterocycles. The minimum absolute atomic E-state index is 0.0155. The topological polar surface area (TPSA) is 68.1 Å². The highest BCUT2D eigenvalue weighted by molar-refractivity contribution is 5.91. The van der Waals surface area contributed by atoms with Gasteiger partial charge in [0.1, 0.15) is 11.8 Å². The molecule has 0 aliphatic carbocycles. The quantitative estimate of drug-likeness (QED) is 0.855. The Labute approximate surface area is 130 Å². The molecule has 1 aromatic carbocycles. The molecule has 1 amide bonds.